The van der Waals surface area contributed by atoms with Crippen LogP contribution in [0.1, 0.15) is 46.5 Å². The molecule has 0 radical (unpaired) electrons. The van der Waals surface area contributed by atoms with E-state index in [0.29, 0.717) is 30.6 Å². The summed E-state index contributed by atoms with van der Waals surface area (Å²) in [5.41, 5.74) is -0.526. The minimum absolute atomic E-state index is 0.0479. The van der Waals surface area contributed by atoms with Gasteiger partial charge in [-0.1, -0.05) is 23.7 Å². The quantitative estimate of drug-likeness (QED) is 0.585. The lowest BCUT2D eigenvalue weighted by Crippen LogP contribution is -2.52. The maximum atomic E-state index is 13.3. The summed E-state index contributed by atoms with van der Waals surface area (Å²) in [6.07, 6.45) is 2.88. The standard InChI is InChI=1S/C27H36ClN3O5S/c1-27(2,3)36-26(33)29-18-19-4-6-20(7-5-19)25(32)30-12-14-31(15-13-30)37(34,35)24-11-9-21-16-23(28)10-8-22(21)17-24/h8-11,16-17,19-20H,4-7,12-15,18H2,1-3H3,(H,29,33)/t19-,20-. The molecule has 2 fully saturated rings. The topological polar surface area (TPSA) is 96.0 Å². The third-order valence-corrected chi connectivity index (χ3v) is 9.22. The monoisotopic (exact) mass is 549 g/mol. The molecule has 0 bridgehead atoms. The highest BCUT2D eigenvalue weighted by molar-refractivity contribution is 7.89. The van der Waals surface area contributed by atoms with Crippen molar-refractivity contribution in [3.05, 3.63) is 41.4 Å². The average Bonchev–Trinajstić information content (AvgIpc) is 2.86. The lowest BCUT2D eigenvalue weighted by Gasteiger charge is -2.37. The fourth-order valence-electron chi connectivity index (χ4n) is 5.07. The Hall–Kier alpha value is -2.36. The number of hydrogen-bond acceptors (Lipinski definition) is 5. The zero-order valence-electron chi connectivity index (χ0n) is 21.7. The number of alkyl carbamates (subject to hydrolysis) is 1. The largest absolute Gasteiger partial charge is 0.444 e. The molecule has 37 heavy (non-hydrogen) atoms. The van der Waals surface area contributed by atoms with Crippen LogP contribution in [0, 0.1) is 11.8 Å². The summed E-state index contributed by atoms with van der Waals surface area (Å²) in [4.78, 5) is 27.1. The number of amides is 2. The Morgan fingerprint density at radius 3 is 2.24 bits per heavy atom. The van der Waals surface area contributed by atoms with Crippen LogP contribution in [0.25, 0.3) is 10.8 Å². The number of ether oxygens (including phenoxy) is 1. The van der Waals surface area contributed by atoms with Crippen LogP contribution in [0.3, 0.4) is 0 Å². The molecule has 1 saturated heterocycles. The average molecular weight is 550 g/mol. The summed E-state index contributed by atoms with van der Waals surface area (Å²) in [7, 11) is -3.65. The fourth-order valence-corrected chi connectivity index (χ4v) is 6.71. The first-order chi connectivity index (χ1) is 17.4. The van der Waals surface area contributed by atoms with Crippen LogP contribution >= 0.6 is 11.6 Å². The molecular weight excluding hydrogens is 514 g/mol. The van der Waals surface area contributed by atoms with Crippen LogP contribution < -0.4 is 5.32 Å². The molecule has 0 unspecified atom stereocenters. The molecule has 10 heteroatoms. The molecule has 1 heterocycles. The lowest BCUT2D eigenvalue weighted by atomic mass is 9.81. The SMILES string of the molecule is CC(C)(C)OC(=O)NC[C@H]1CC[C@H](C(=O)N2CCN(S(=O)(=O)c3ccc4cc(Cl)ccc4c3)CC2)CC1. The Kier molecular flexibility index (Phi) is 8.35. The summed E-state index contributed by atoms with van der Waals surface area (Å²) >= 11 is 6.04. The molecule has 1 N–H and O–H groups in total. The molecular formula is C27H36ClN3O5S. The lowest BCUT2D eigenvalue weighted by molar-refractivity contribution is -0.138. The Balaban J connectivity index is 1.26. The number of halogens is 1. The number of piperazine rings is 1. The van der Waals surface area contributed by atoms with Crippen molar-refractivity contribution in [1.82, 2.24) is 14.5 Å². The predicted molar refractivity (Wildman–Crippen MR) is 144 cm³/mol. The van der Waals surface area contributed by atoms with E-state index >= 15 is 0 Å². The maximum absolute atomic E-state index is 13.3. The summed E-state index contributed by atoms with van der Waals surface area (Å²) in [6.45, 7) is 7.39. The van der Waals surface area contributed by atoms with Gasteiger partial charge >= 0.3 is 6.09 Å². The number of carbonyl (C=O) groups is 2. The molecule has 1 saturated carbocycles. The van der Waals surface area contributed by atoms with Crippen LogP contribution in [-0.2, 0) is 19.6 Å². The zero-order chi connectivity index (χ0) is 26.8. The molecule has 8 nitrogen and oxygen atoms in total. The molecule has 0 aromatic heterocycles. The van der Waals surface area contributed by atoms with Crippen LogP contribution in [0.2, 0.25) is 5.02 Å². The van der Waals surface area contributed by atoms with E-state index in [1.54, 1.807) is 29.2 Å². The third-order valence-electron chi connectivity index (χ3n) is 7.09. The summed E-state index contributed by atoms with van der Waals surface area (Å²) in [5, 5.41) is 5.14. The Morgan fingerprint density at radius 1 is 0.973 bits per heavy atom. The second kappa shape index (κ2) is 11.2. The zero-order valence-corrected chi connectivity index (χ0v) is 23.3. The number of benzene rings is 2. The molecule has 0 atom stereocenters. The molecule has 2 amide bonds. The molecule has 0 spiro atoms. The molecule has 1 aliphatic carbocycles. The van der Waals surface area contributed by atoms with E-state index in [4.69, 9.17) is 16.3 Å². The first-order valence-electron chi connectivity index (χ1n) is 12.9. The van der Waals surface area contributed by atoms with Crippen molar-refractivity contribution >= 4 is 44.4 Å². The van der Waals surface area contributed by atoms with Crippen molar-refractivity contribution in [2.75, 3.05) is 32.7 Å². The van der Waals surface area contributed by atoms with Crippen molar-refractivity contribution in [2.24, 2.45) is 11.8 Å². The van der Waals surface area contributed by atoms with E-state index < -0.39 is 21.7 Å². The van der Waals surface area contributed by atoms with Gasteiger partial charge in [0, 0.05) is 43.7 Å². The van der Waals surface area contributed by atoms with Crippen LogP contribution in [0.5, 0.6) is 0 Å². The van der Waals surface area contributed by atoms with Gasteiger partial charge in [-0.15, -0.1) is 0 Å². The van der Waals surface area contributed by atoms with Gasteiger partial charge in [-0.25, -0.2) is 13.2 Å². The van der Waals surface area contributed by atoms with Gasteiger partial charge in [0.2, 0.25) is 15.9 Å². The van der Waals surface area contributed by atoms with Gasteiger partial charge in [-0.3, -0.25) is 4.79 Å². The highest BCUT2D eigenvalue weighted by atomic mass is 35.5. The molecule has 2 aromatic carbocycles. The van der Waals surface area contributed by atoms with E-state index in [1.807, 2.05) is 32.9 Å². The maximum Gasteiger partial charge on any atom is 0.407 e. The van der Waals surface area contributed by atoms with E-state index in [9.17, 15) is 18.0 Å². The second-order valence-corrected chi connectivity index (χ2v) is 13.4. The predicted octanol–water partition coefficient (Wildman–Crippen LogP) is 4.66. The van der Waals surface area contributed by atoms with Gasteiger partial charge < -0.3 is 15.0 Å². The van der Waals surface area contributed by atoms with Crippen LogP contribution in [0.4, 0.5) is 4.79 Å². The van der Waals surface area contributed by atoms with Crippen molar-refractivity contribution < 1.29 is 22.7 Å². The van der Waals surface area contributed by atoms with Crippen molar-refractivity contribution in [2.45, 2.75) is 57.0 Å². The normalized spacial score (nSPS) is 21.6. The third kappa shape index (κ3) is 6.94. The summed E-state index contributed by atoms with van der Waals surface area (Å²) < 4.78 is 33.3. The van der Waals surface area contributed by atoms with Gasteiger partial charge in [-0.2, -0.15) is 4.31 Å². The van der Waals surface area contributed by atoms with Gasteiger partial charge in [0.25, 0.3) is 0 Å². The van der Waals surface area contributed by atoms with E-state index in [1.165, 1.54) is 4.31 Å². The number of hydrogen-bond donors (Lipinski definition) is 1. The van der Waals surface area contributed by atoms with E-state index in [2.05, 4.69) is 5.32 Å². The second-order valence-electron chi connectivity index (χ2n) is 11.0. The van der Waals surface area contributed by atoms with Crippen LogP contribution in [0.15, 0.2) is 41.3 Å². The Bertz CT molecular complexity index is 1240. The first kappa shape index (κ1) is 27.7. The van der Waals surface area contributed by atoms with Crippen molar-refractivity contribution in [3.8, 4) is 0 Å². The van der Waals surface area contributed by atoms with E-state index in [0.717, 1.165) is 36.5 Å². The first-order valence-corrected chi connectivity index (χ1v) is 14.7. The van der Waals surface area contributed by atoms with Gasteiger partial charge in [-0.05, 0) is 87.4 Å². The van der Waals surface area contributed by atoms with Gasteiger partial charge in [0.15, 0.2) is 0 Å². The smallest absolute Gasteiger partial charge is 0.407 e. The highest BCUT2D eigenvalue weighted by Gasteiger charge is 2.34. The Morgan fingerprint density at radius 2 is 1.59 bits per heavy atom. The number of nitrogens with zero attached hydrogens (tertiary/aromatic N) is 2. The molecule has 2 aliphatic rings. The van der Waals surface area contributed by atoms with Crippen molar-refractivity contribution in [1.29, 1.82) is 0 Å². The molecule has 2 aromatic rings. The minimum Gasteiger partial charge on any atom is -0.444 e. The molecule has 4 rings (SSSR count). The molecule has 1 aliphatic heterocycles. The fraction of sp³-hybridized carbons (Fsp3) is 0.556. The number of sulfonamides is 1. The summed E-state index contributed by atoms with van der Waals surface area (Å²) in [6, 6.07) is 10.4. The number of fused-ring (bicyclic) bond motifs is 1. The number of rotatable bonds is 5. The van der Waals surface area contributed by atoms with Crippen LogP contribution in [-0.4, -0.2) is 67.9 Å². The van der Waals surface area contributed by atoms with Crippen molar-refractivity contribution in [3.63, 3.8) is 0 Å². The minimum atomic E-state index is -3.65. The van der Waals surface area contributed by atoms with E-state index in [-0.39, 0.29) is 29.8 Å². The number of carbonyl (C=O) groups excluding carboxylic acids is 2. The number of nitrogens with one attached hydrogen (secondary N) is 1. The van der Waals surface area contributed by atoms with Gasteiger partial charge in [0.05, 0.1) is 4.90 Å². The van der Waals surface area contributed by atoms with Gasteiger partial charge in [0.1, 0.15) is 5.60 Å². The Labute approximate surface area is 224 Å². The summed E-state index contributed by atoms with van der Waals surface area (Å²) in [5.74, 6) is 0.392. The highest BCUT2D eigenvalue weighted by Crippen LogP contribution is 2.31. The molecule has 202 valence electrons.